The molecule has 3 aromatic rings. The van der Waals surface area contributed by atoms with Crippen molar-refractivity contribution < 1.29 is 42.9 Å². The summed E-state index contributed by atoms with van der Waals surface area (Å²) in [6.07, 6.45) is 0.0431. The monoisotopic (exact) mass is 639 g/mol. The molecule has 0 saturated carbocycles. The summed E-state index contributed by atoms with van der Waals surface area (Å²) in [5, 5.41) is 21.8. The zero-order valence-electron chi connectivity index (χ0n) is 24.0. The maximum Gasteiger partial charge on any atom is 0.326 e. The van der Waals surface area contributed by atoms with Crippen molar-refractivity contribution in [2.75, 3.05) is 30.3 Å². The van der Waals surface area contributed by atoms with Gasteiger partial charge in [-0.2, -0.15) is 0 Å². The fraction of sp³-hybridized carbons (Fsp3) is 0.312. The van der Waals surface area contributed by atoms with E-state index >= 15 is 0 Å². The molecule has 13 heteroatoms. The third kappa shape index (κ3) is 7.43. The number of ether oxygens (including phenoxy) is 1. The van der Waals surface area contributed by atoms with Gasteiger partial charge in [-0.15, -0.1) is 11.8 Å². The number of benzene rings is 3. The van der Waals surface area contributed by atoms with Crippen LogP contribution in [0.15, 0.2) is 72.8 Å². The first-order valence-electron chi connectivity index (χ1n) is 14.3. The number of carbonyl (C=O) groups excluding carboxylic acids is 3. The van der Waals surface area contributed by atoms with Crippen molar-refractivity contribution in [3.8, 4) is 5.75 Å². The molecule has 3 N–H and O–H groups in total. The van der Waals surface area contributed by atoms with Gasteiger partial charge in [0.15, 0.2) is 6.61 Å². The molecule has 10 nitrogen and oxygen atoms in total. The normalized spacial score (nSPS) is 20.0. The molecule has 0 spiro atoms. The van der Waals surface area contributed by atoms with Crippen molar-refractivity contribution in [1.82, 2.24) is 10.2 Å². The van der Waals surface area contributed by atoms with Gasteiger partial charge in [0.1, 0.15) is 28.7 Å². The van der Waals surface area contributed by atoms with E-state index in [1.807, 2.05) is 0 Å². The zero-order chi connectivity index (χ0) is 32.1. The fourth-order valence-electron chi connectivity index (χ4n) is 5.37. The first-order valence-corrected chi connectivity index (χ1v) is 15.3. The number of thioether (sulfide) groups is 1. The van der Waals surface area contributed by atoms with Crippen molar-refractivity contribution in [3.63, 3.8) is 0 Å². The molecular weight excluding hydrogens is 608 g/mol. The SMILES string of the molecule is O=C(COc1ccc([C@@H]2[C@@H](SCC(O)c3ccc(F)cc3)C(=O)N2c2ccc(F)cc2)cc1)NCC(=O)N1CCC[C@@H]1C(=O)O. The number of halogens is 2. The Hall–Kier alpha value is -4.49. The molecule has 2 heterocycles. The summed E-state index contributed by atoms with van der Waals surface area (Å²) in [6, 6.07) is 16.5. The number of carboxylic acid groups (broad SMARTS) is 1. The van der Waals surface area contributed by atoms with Crippen LogP contribution in [0.1, 0.15) is 36.1 Å². The van der Waals surface area contributed by atoms with E-state index in [1.165, 1.54) is 65.2 Å². The average Bonchev–Trinajstić information content (AvgIpc) is 3.54. The first-order chi connectivity index (χ1) is 21.6. The molecule has 2 aliphatic heterocycles. The van der Waals surface area contributed by atoms with Crippen molar-refractivity contribution in [1.29, 1.82) is 0 Å². The second-order valence-corrected chi connectivity index (χ2v) is 11.8. The van der Waals surface area contributed by atoms with Gasteiger partial charge >= 0.3 is 5.97 Å². The van der Waals surface area contributed by atoms with Crippen molar-refractivity contribution in [2.45, 2.75) is 36.3 Å². The number of hydrogen-bond acceptors (Lipinski definition) is 7. The van der Waals surface area contributed by atoms with Crippen LogP contribution < -0.4 is 15.0 Å². The lowest BCUT2D eigenvalue weighted by Gasteiger charge is -2.47. The number of aliphatic hydroxyl groups is 1. The lowest BCUT2D eigenvalue weighted by Crippen LogP contribution is -2.57. The van der Waals surface area contributed by atoms with Crippen molar-refractivity contribution in [3.05, 3.63) is 95.6 Å². The lowest BCUT2D eigenvalue weighted by molar-refractivity contribution is -0.148. The summed E-state index contributed by atoms with van der Waals surface area (Å²) in [7, 11) is 0. The second-order valence-electron chi connectivity index (χ2n) is 10.7. The molecule has 2 fully saturated rings. The minimum absolute atomic E-state index is 0.184. The summed E-state index contributed by atoms with van der Waals surface area (Å²) >= 11 is 1.26. The number of β-lactam (4-membered cyclic amide) rings is 1. The number of nitrogens with one attached hydrogen (secondary N) is 1. The third-order valence-electron chi connectivity index (χ3n) is 7.73. The number of carbonyl (C=O) groups is 4. The topological polar surface area (TPSA) is 136 Å². The molecule has 2 aliphatic rings. The van der Waals surface area contributed by atoms with Crippen LogP contribution in [0.5, 0.6) is 5.75 Å². The van der Waals surface area contributed by atoms with Crippen LogP contribution in [-0.2, 0) is 19.2 Å². The predicted octanol–water partition coefficient (Wildman–Crippen LogP) is 3.46. The van der Waals surface area contributed by atoms with Gasteiger partial charge in [0.05, 0.1) is 18.7 Å². The van der Waals surface area contributed by atoms with Gasteiger partial charge in [0.25, 0.3) is 5.91 Å². The fourth-order valence-corrected chi connectivity index (χ4v) is 6.67. The number of carboxylic acids is 1. The Morgan fingerprint density at radius 3 is 2.27 bits per heavy atom. The van der Waals surface area contributed by atoms with Gasteiger partial charge in [0, 0.05) is 18.0 Å². The summed E-state index contributed by atoms with van der Waals surface area (Å²) in [6.45, 7) is -0.388. The molecule has 1 unspecified atom stereocenters. The van der Waals surface area contributed by atoms with Gasteiger partial charge in [-0.05, 0) is 72.5 Å². The molecule has 0 radical (unpaired) electrons. The minimum Gasteiger partial charge on any atom is -0.484 e. The largest absolute Gasteiger partial charge is 0.484 e. The number of aliphatic hydroxyl groups excluding tert-OH is 1. The number of rotatable bonds is 12. The Morgan fingerprint density at radius 2 is 1.62 bits per heavy atom. The predicted molar refractivity (Wildman–Crippen MR) is 162 cm³/mol. The van der Waals surface area contributed by atoms with Crippen LogP contribution in [0.3, 0.4) is 0 Å². The van der Waals surface area contributed by atoms with Gasteiger partial charge in [0.2, 0.25) is 11.8 Å². The lowest BCUT2D eigenvalue weighted by atomic mass is 9.92. The van der Waals surface area contributed by atoms with Crippen LogP contribution in [0, 0.1) is 11.6 Å². The molecule has 4 atom stereocenters. The number of aliphatic carboxylic acids is 1. The molecule has 0 aromatic heterocycles. The highest BCUT2D eigenvalue weighted by Crippen LogP contribution is 2.46. The number of likely N-dealkylation sites (tertiary alicyclic amines) is 1. The average molecular weight is 640 g/mol. The molecule has 45 heavy (non-hydrogen) atoms. The van der Waals surface area contributed by atoms with Gasteiger partial charge < -0.3 is 30.1 Å². The number of hydrogen-bond donors (Lipinski definition) is 3. The molecule has 3 amide bonds. The van der Waals surface area contributed by atoms with Crippen LogP contribution in [-0.4, -0.2) is 75.5 Å². The Kier molecular flexibility index (Phi) is 9.99. The van der Waals surface area contributed by atoms with E-state index in [9.17, 15) is 38.2 Å². The number of anilines is 1. The Labute approximate surface area is 262 Å². The Balaban J connectivity index is 1.20. The zero-order valence-corrected chi connectivity index (χ0v) is 24.8. The molecule has 3 aromatic carbocycles. The highest BCUT2D eigenvalue weighted by atomic mass is 32.2. The maximum atomic E-state index is 13.6. The smallest absolute Gasteiger partial charge is 0.326 e. The van der Waals surface area contributed by atoms with E-state index < -0.39 is 52.9 Å². The standard InChI is InChI=1S/C32H31F2N3O7S/c33-21-7-3-19(4-8-21)26(38)18-45-30-29(37(31(30)41)23-11-9-22(34)10-12-23)20-5-13-24(14-6-20)44-17-27(39)35-16-28(40)36-15-1-2-25(36)32(42)43/h3-14,25-26,29-30,38H,1-2,15-18H2,(H,35,39)(H,42,43)/t25-,26?,29-,30-/m1/s1. The first kappa shape index (κ1) is 31.9. The van der Waals surface area contributed by atoms with Crippen LogP contribution >= 0.6 is 11.8 Å². The molecule has 236 valence electrons. The summed E-state index contributed by atoms with van der Waals surface area (Å²) in [4.78, 5) is 52.0. The number of amides is 3. The van der Waals surface area contributed by atoms with Crippen LogP contribution in [0.25, 0.3) is 0 Å². The van der Waals surface area contributed by atoms with Crippen LogP contribution in [0.2, 0.25) is 0 Å². The third-order valence-corrected chi connectivity index (χ3v) is 9.05. The Morgan fingerprint density at radius 1 is 0.978 bits per heavy atom. The molecular formula is C32H31F2N3O7S. The van der Waals surface area contributed by atoms with E-state index in [0.29, 0.717) is 36.4 Å². The minimum atomic E-state index is -1.07. The Bertz CT molecular complexity index is 1540. The number of nitrogens with zero attached hydrogens (tertiary/aromatic N) is 2. The quantitative estimate of drug-likeness (QED) is 0.257. The van der Waals surface area contributed by atoms with E-state index in [-0.39, 0.29) is 24.8 Å². The second kappa shape index (κ2) is 14.1. The van der Waals surface area contributed by atoms with Gasteiger partial charge in [-0.1, -0.05) is 24.3 Å². The highest BCUT2D eigenvalue weighted by molar-refractivity contribution is 8.00. The highest BCUT2D eigenvalue weighted by Gasteiger charge is 2.49. The molecule has 2 saturated heterocycles. The summed E-state index contributed by atoms with van der Waals surface area (Å²) in [5.74, 6) is -2.62. The van der Waals surface area contributed by atoms with E-state index in [2.05, 4.69) is 5.32 Å². The summed E-state index contributed by atoms with van der Waals surface area (Å²) < 4.78 is 32.5. The van der Waals surface area contributed by atoms with Gasteiger partial charge in [-0.25, -0.2) is 13.6 Å². The maximum absolute atomic E-state index is 13.6. The van der Waals surface area contributed by atoms with Crippen molar-refractivity contribution >= 4 is 41.1 Å². The summed E-state index contributed by atoms with van der Waals surface area (Å²) in [5.41, 5.74) is 1.78. The van der Waals surface area contributed by atoms with E-state index in [0.717, 1.165) is 5.56 Å². The van der Waals surface area contributed by atoms with Crippen LogP contribution in [0.4, 0.5) is 14.5 Å². The molecule has 5 rings (SSSR count). The van der Waals surface area contributed by atoms with Crippen molar-refractivity contribution in [2.24, 2.45) is 0 Å². The molecule has 0 aliphatic carbocycles. The molecule has 0 bridgehead atoms. The van der Waals surface area contributed by atoms with E-state index in [4.69, 9.17) is 4.74 Å². The van der Waals surface area contributed by atoms with E-state index in [1.54, 1.807) is 29.2 Å². The van der Waals surface area contributed by atoms with Gasteiger partial charge in [-0.3, -0.25) is 14.4 Å².